The number of nitrogens with zero attached hydrogens (tertiary/aromatic N) is 2. The SMILES string of the molecule is CC(C)Oc1ccc(NC(=O)c2ccnc(Nc3ccc4c(c3)OCO4)n2)cc1. The number of aromatic nitrogens is 2. The van der Waals surface area contributed by atoms with Crippen molar-refractivity contribution in [1.82, 2.24) is 9.97 Å². The van der Waals surface area contributed by atoms with Crippen molar-refractivity contribution in [2.45, 2.75) is 20.0 Å². The Hall–Kier alpha value is -3.81. The molecule has 2 N–H and O–H groups in total. The maximum absolute atomic E-state index is 12.5. The number of nitrogens with one attached hydrogen (secondary N) is 2. The molecule has 8 nitrogen and oxygen atoms in total. The fourth-order valence-electron chi connectivity index (χ4n) is 2.73. The van der Waals surface area contributed by atoms with Crippen molar-refractivity contribution >= 4 is 23.2 Å². The van der Waals surface area contributed by atoms with Crippen LogP contribution in [0.1, 0.15) is 24.3 Å². The summed E-state index contributed by atoms with van der Waals surface area (Å²) in [5.74, 6) is 2.05. The molecule has 1 amide bonds. The Labute approximate surface area is 167 Å². The van der Waals surface area contributed by atoms with E-state index in [1.54, 1.807) is 30.3 Å². The van der Waals surface area contributed by atoms with Gasteiger partial charge in [0.2, 0.25) is 12.7 Å². The van der Waals surface area contributed by atoms with Crippen molar-refractivity contribution in [2.24, 2.45) is 0 Å². The van der Waals surface area contributed by atoms with E-state index in [4.69, 9.17) is 14.2 Å². The summed E-state index contributed by atoms with van der Waals surface area (Å²) in [4.78, 5) is 21.0. The zero-order valence-corrected chi connectivity index (χ0v) is 16.0. The van der Waals surface area contributed by atoms with Crippen LogP contribution in [0, 0.1) is 0 Å². The quantitative estimate of drug-likeness (QED) is 0.655. The molecular weight excluding hydrogens is 372 g/mol. The van der Waals surface area contributed by atoms with E-state index >= 15 is 0 Å². The molecule has 148 valence electrons. The van der Waals surface area contributed by atoms with E-state index in [9.17, 15) is 4.79 Å². The molecule has 1 aliphatic heterocycles. The minimum atomic E-state index is -0.335. The maximum Gasteiger partial charge on any atom is 0.274 e. The number of carbonyl (C=O) groups is 1. The molecule has 0 aliphatic carbocycles. The second-order valence-electron chi connectivity index (χ2n) is 6.60. The van der Waals surface area contributed by atoms with Crippen molar-refractivity contribution < 1.29 is 19.0 Å². The van der Waals surface area contributed by atoms with Crippen LogP contribution in [0.25, 0.3) is 0 Å². The van der Waals surface area contributed by atoms with Gasteiger partial charge in [-0.15, -0.1) is 0 Å². The van der Waals surface area contributed by atoms with Gasteiger partial charge >= 0.3 is 0 Å². The summed E-state index contributed by atoms with van der Waals surface area (Å²) in [5.41, 5.74) is 1.62. The van der Waals surface area contributed by atoms with Gasteiger partial charge in [0.15, 0.2) is 11.5 Å². The molecule has 0 unspecified atom stereocenters. The summed E-state index contributed by atoms with van der Waals surface area (Å²) < 4.78 is 16.3. The number of ether oxygens (including phenoxy) is 3. The first-order chi connectivity index (χ1) is 14.1. The molecule has 2 aromatic carbocycles. The molecule has 0 saturated carbocycles. The van der Waals surface area contributed by atoms with Crippen molar-refractivity contribution in [3.05, 3.63) is 60.4 Å². The molecule has 0 bridgehead atoms. The van der Waals surface area contributed by atoms with E-state index in [0.717, 1.165) is 11.4 Å². The lowest BCUT2D eigenvalue weighted by atomic mass is 10.2. The molecule has 1 aliphatic rings. The second-order valence-corrected chi connectivity index (χ2v) is 6.60. The first-order valence-corrected chi connectivity index (χ1v) is 9.14. The predicted octanol–water partition coefficient (Wildman–Crippen LogP) is 3.99. The Morgan fingerprint density at radius 2 is 1.79 bits per heavy atom. The van der Waals surface area contributed by atoms with Crippen LogP contribution in [0.5, 0.6) is 17.2 Å². The third-order valence-electron chi connectivity index (χ3n) is 4.00. The zero-order chi connectivity index (χ0) is 20.2. The minimum Gasteiger partial charge on any atom is -0.491 e. The van der Waals surface area contributed by atoms with Crippen molar-refractivity contribution in [2.75, 3.05) is 17.4 Å². The van der Waals surface area contributed by atoms with Gasteiger partial charge in [0.1, 0.15) is 11.4 Å². The molecule has 0 saturated heterocycles. The van der Waals surface area contributed by atoms with Gasteiger partial charge in [-0.05, 0) is 56.3 Å². The van der Waals surface area contributed by atoms with Crippen LogP contribution >= 0.6 is 0 Å². The van der Waals surface area contributed by atoms with Crippen LogP contribution in [0.2, 0.25) is 0 Å². The van der Waals surface area contributed by atoms with Gasteiger partial charge in [0.05, 0.1) is 6.10 Å². The average Bonchev–Trinajstić information content (AvgIpc) is 3.17. The first-order valence-electron chi connectivity index (χ1n) is 9.14. The Morgan fingerprint density at radius 3 is 2.59 bits per heavy atom. The summed E-state index contributed by atoms with van der Waals surface area (Å²) in [7, 11) is 0. The number of hydrogen-bond acceptors (Lipinski definition) is 7. The van der Waals surface area contributed by atoms with Crippen LogP contribution in [0.3, 0.4) is 0 Å². The van der Waals surface area contributed by atoms with Crippen molar-refractivity contribution in [3.8, 4) is 17.2 Å². The standard InChI is InChI=1S/C21H20N4O4/c1-13(2)29-16-6-3-14(4-7-16)23-20(26)17-9-10-22-21(25-17)24-15-5-8-18-19(11-15)28-12-27-18/h3-11,13H,12H2,1-2H3,(H,23,26)(H,22,24,25). The Kier molecular flexibility index (Phi) is 5.15. The van der Waals surface area contributed by atoms with E-state index in [-0.39, 0.29) is 24.5 Å². The highest BCUT2D eigenvalue weighted by atomic mass is 16.7. The smallest absolute Gasteiger partial charge is 0.274 e. The van der Waals surface area contributed by atoms with E-state index in [2.05, 4.69) is 20.6 Å². The molecular formula is C21H20N4O4. The third kappa shape index (κ3) is 4.55. The number of benzene rings is 2. The third-order valence-corrected chi connectivity index (χ3v) is 4.00. The first kappa shape index (κ1) is 18.5. The Bertz CT molecular complexity index is 1020. The van der Waals surface area contributed by atoms with Crippen molar-refractivity contribution in [3.63, 3.8) is 0 Å². The summed E-state index contributed by atoms with van der Waals surface area (Å²) in [6.07, 6.45) is 1.61. The number of rotatable bonds is 6. The summed E-state index contributed by atoms with van der Waals surface area (Å²) in [5, 5.41) is 5.88. The molecule has 0 radical (unpaired) electrons. The highest BCUT2D eigenvalue weighted by Gasteiger charge is 2.14. The molecule has 0 fully saturated rings. The molecule has 4 rings (SSSR count). The van der Waals surface area contributed by atoms with Crippen LogP contribution in [0.15, 0.2) is 54.7 Å². The second kappa shape index (κ2) is 8.05. The Morgan fingerprint density at radius 1 is 1.03 bits per heavy atom. The van der Waals surface area contributed by atoms with Gasteiger partial charge in [0, 0.05) is 23.6 Å². The summed E-state index contributed by atoms with van der Waals surface area (Å²) in [6, 6.07) is 14.1. The van der Waals surface area contributed by atoms with E-state index < -0.39 is 0 Å². The van der Waals surface area contributed by atoms with Gasteiger partial charge < -0.3 is 24.8 Å². The van der Waals surface area contributed by atoms with Gasteiger partial charge in [-0.2, -0.15) is 0 Å². The maximum atomic E-state index is 12.5. The molecule has 0 spiro atoms. The lowest BCUT2D eigenvalue weighted by Gasteiger charge is -2.11. The zero-order valence-electron chi connectivity index (χ0n) is 16.0. The molecule has 3 aromatic rings. The average molecular weight is 392 g/mol. The largest absolute Gasteiger partial charge is 0.491 e. The fourth-order valence-corrected chi connectivity index (χ4v) is 2.73. The van der Waals surface area contributed by atoms with E-state index in [1.807, 2.05) is 32.0 Å². The van der Waals surface area contributed by atoms with Gasteiger partial charge in [-0.1, -0.05) is 0 Å². The molecule has 0 atom stereocenters. The highest BCUT2D eigenvalue weighted by molar-refractivity contribution is 6.03. The van der Waals surface area contributed by atoms with Crippen LogP contribution in [-0.2, 0) is 0 Å². The minimum absolute atomic E-state index is 0.0899. The number of hydrogen-bond donors (Lipinski definition) is 2. The number of amides is 1. The van der Waals surface area contributed by atoms with E-state index in [1.165, 1.54) is 6.20 Å². The van der Waals surface area contributed by atoms with Gasteiger partial charge in [0.25, 0.3) is 5.91 Å². The lowest BCUT2D eigenvalue weighted by Crippen LogP contribution is -2.14. The van der Waals surface area contributed by atoms with Crippen molar-refractivity contribution in [1.29, 1.82) is 0 Å². The summed E-state index contributed by atoms with van der Waals surface area (Å²) >= 11 is 0. The fraction of sp³-hybridized carbons (Fsp3) is 0.190. The normalized spacial score (nSPS) is 12.0. The topological polar surface area (TPSA) is 94.6 Å². The van der Waals surface area contributed by atoms with Crippen LogP contribution < -0.4 is 24.8 Å². The van der Waals surface area contributed by atoms with Crippen LogP contribution in [-0.4, -0.2) is 28.8 Å². The van der Waals surface area contributed by atoms with Gasteiger partial charge in [-0.25, -0.2) is 9.97 Å². The molecule has 8 heteroatoms. The van der Waals surface area contributed by atoms with E-state index in [0.29, 0.717) is 23.1 Å². The number of fused-ring (bicyclic) bond motifs is 1. The van der Waals surface area contributed by atoms with Gasteiger partial charge in [-0.3, -0.25) is 4.79 Å². The summed E-state index contributed by atoms with van der Waals surface area (Å²) in [6.45, 7) is 4.12. The lowest BCUT2D eigenvalue weighted by molar-refractivity contribution is 0.102. The molecule has 2 heterocycles. The predicted molar refractivity (Wildman–Crippen MR) is 108 cm³/mol. The number of carbonyl (C=O) groups excluding carboxylic acids is 1. The van der Waals surface area contributed by atoms with Crippen LogP contribution in [0.4, 0.5) is 17.3 Å². The molecule has 29 heavy (non-hydrogen) atoms. The Balaban J connectivity index is 1.43. The number of anilines is 3. The molecule has 1 aromatic heterocycles. The monoisotopic (exact) mass is 392 g/mol. The highest BCUT2D eigenvalue weighted by Crippen LogP contribution is 2.34.